The van der Waals surface area contributed by atoms with Gasteiger partial charge in [-0.05, 0) is 64.6 Å². The molecule has 5 rings (SSSR count). The summed E-state index contributed by atoms with van der Waals surface area (Å²) < 4.78 is 1.73. The van der Waals surface area contributed by atoms with Gasteiger partial charge in [-0.15, -0.1) is 0 Å². The van der Waals surface area contributed by atoms with Crippen molar-refractivity contribution < 1.29 is 4.79 Å². The van der Waals surface area contributed by atoms with E-state index in [1.165, 1.54) is 6.33 Å². The number of piperazine rings is 1. The molecule has 216 valence electrons. The monoisotopic (exact) mass is 565 g/mol. The fraction of sp³-hybridized carbons (Fsp3) is 0.333. The molecule has 0 atom stereocenters. The summed E-state index contributed by atoms with van der Waals surface area (Å²) in [5.41, 5.74) is 6.77. The van der Waals surface area contributed by atoms with Gasteiger partial charge in [0.1, 0.15) is 18.0 Å². The lowest BCUT2D eigenvalue weighted by atomic mass is 9.90. The second-order valence-electron chi connectivity index (χ2n) is 11.0. The van der Waals surface area contributed by atoms with Gasteiger partial charge in [0, 0.05) is 61.4 Å². The van der Waals surface area contributed by atoms with E-state index >= 15 is 0 Å². The van der Waals surface area contributed by atoms with Crippen LogP contribution in [0.5, 0.6) is 0 Å². The Morgan fingerprint density at radius 2 is 1.79 bits per heavy atom. The first-order valence-electron chi connectivity index (χ1n) is 13.8. The number of rotatable bonds is 8. The first kappa shape index (κ1) is 28.7. The number of aryl methyl sites for hydroxylation is 2. The molecule has 1 saturated heterocycles. The number of nitrogens with one attached hydrogen (secondary N) is 3. The van der Waals surface area contributed by atoms with Crippen LogP contribution in [0.4, 0.5) is 23.0 Å². The van der Waals surface area contributed by atoms with Crippen molar-refractivity contribution in [2.45, 2.75) is 33.1 Å². The van der Waals surface area contributed by atoms with Crippen molar-refractivity contribution in [3.63, 3.8) is 0 Å². The van der Waals surface area contributed by atoms with E-state index in [4.69, 9.17) is 0 Å². The first-order chi connectivity index (χ1) is 20.1. The number of hydrazine groups is 1. The zero-order valence-electron chi connectivity index (χ0n) is 24.5. The van der Waals surface area contributed by atoms with Gasteiger partial charge in [-0.1, -0.05) is 6.07 Å². The summed E-state index contributed by atoms with van der Waals surface area (Å²) in [4.78, 5) is 28.7. The van der Waals surface area contributed by atoms with Crippen LogP contribution < -0.4 is 16.1 Å². The summed E-state index contributed by atoms with van der Waals surface area (Å²) in [5, 5.41) is 22.6. The Morgan fingerprint density at radius 1 is 1.00 bits per heavy atom. The van der Waals surface area contributed by atoms with Gasteiger partial charge in [0.25, 0.3) is 5.91 Å². The molecule has 4 heterocycles. The number of hydrogen-bond donors (Lipinski definition) is 3. The van der Waals surface area contributed by atoms with Gasteiger partial charge in [-0.25, -0.2) is 15.0 Å². The van der Waals surface area contributed by atoms with Gasteiger partial charge in [-0.2, -0.15) is 15.0 Å². The third kappa shape index (κ3) is 6.54. The Bertz CT molecular complexity index is 1630. The molecule has 1 fully saturated rings. The summed E-state index contributed by atoms with van der Waals surface area (Å²) in [7, 11) is 2.12. The topological polar surface area (TPSA) is 140 Å². The van der Waals surface area contributed by atoms with E-state index in [1.54, 1.807) is 49.0 Å². The molecule has 3 N–H and O–H groups in total. The largest absolute Gasteiger partial charge is 0.340 e. The second-order valence-corrected chi connectivity index (χ2v) is 11.0. The number of aromatic nitrogens is 5. The Balaban J connectivity index is 1.35. The minimum Gasteiger partial charge on any atom is -0.340 e. The van der Waals surface area contributed by atoms with E-state index in [0.717, 1.165) is 43.1 Å². The van der Waals surface area contributed by atoms with Gasteiger partial charge in [0.15, 0.2) is 5.82 Å². The molecule has 12 heteroatoms. The standard InChI is InChI=1S/C30H35N11O/c1-20-6-7-22(29(42)35-23-8-9-32-25(16-23)30(3,4)18-31)15-24(20)36-28-14-21(2)37-41(28)27-17-26(33-19-34-27)38-40-12-10-39(5)11-13-40/h6-9,14-17,19,36H,10-13H2,1-5H3,(H,32,35,42)(H,33,34,38). The molecule has 0 spiro atoms. The van der Waals surface area contributed by atoms with Crippen molar-refractivity contribution >= 4 is 28.9 Å². The highest BCUT2D eigenvalue weighted by molar-refractivity contribution is 6.05. The molecule has 1 aromatic carbocycles. The van der Waals surface area contributed by atoms with Crippen molar-refractivity contribution in [3.05, 3.63) is 77.5 Å². The predicted octanol–water partition coefficient (Wildman–Crippen LogP) is 4.05. The van der Waals surface area contributed by atoms with Crippen molar-refractivity contribution in [1.82, 2.24) is 34.6 Å². The maximum Gasteiger partial charge on any atom is 0.255 e. The van der Waals surface area contributed by atoms with Crippen LogP contribution in [0.15, 0.2) is 55.0 Å². The molecule has 0 aliphatic carbocycles. The van der Waals surface area contributed by atoms with Crippen LogP contribution in [0.2, 0.25) is 0 Å². The zero-order valence-corrected chi connectivity index (χ0v) is 24.5. The molecule has 42 heavy (non-hydrogen) atoms. The van der Waals surface area contributed by atoms with E-state index in [2.05, 4.69) is 59.1 Å². The van der Waals surface area contributed by atoms with Crippen molar-refractivity contribution in [3.8, 4) is 11.9 Å². The maximum atomic E-state index is 13.2. The summed E-state index contributed by atoms with van der Waals surface area (Å²) in [6.45, 7) is 11.2. The molecule has 0 bridgehead atoms. The molecule has 4 aromatic rings. The molecular weight excluding hydrogens is 530 g/mol. The highest BCUT2D eigenvalue weighted by Gasteiger charge is 2.22. The first-order valence-corrected chi connectivity index (χ1v) is 13.8. The van der Waals surface area contributed by atoms with Gasteiger partial charge in [0.05, 0.1) is 22.9 Å². The number of benzene rings is 1. The van der Waals surface area contributed by atoms with Gasteiger partial charge >= 0.3 is 0 Å². The third-order valence-electron chi connectivity index (χ3n) is 7.18. The van der Waals surface area contributed by atoms with Crippen LogP contribution in [0, 0.1) is 25.2 Å². The maximum absolute atomic E-state index is 13.2. The Hall–Kier alpha value is -4.86. The quantitative estimate of drug-likeness (QED) is 0.287. The summed E-state index contributed by atoms with van der Waals surface area (Å²) in [6.07, 6.45) is 3.11. The molecular formula is C30H35N11O. The Labute approximate surface area is 245 Å². The van der Waals surface area contributed by atoms with Crippen LogP contribution in [-0.2, 0) is 5.41 Å². The van der Waals surface area contributed by atoms with Crippen LogP contribution in [0.3, 0.4) is 0 Å². The zero-order chi connectivity index (χ0) is 29.9. The number of anilines is 4. The van der Waals surface area contributed by atoms with E-state index in [1.807, 2.05) is 32.0 Å². The van der Waals surface area contributed by atoms with E-state index in [-0.39, 0.29) is 5.91 Å². The number of carbonyl (C=O) groups is 1. The molecule has 1 amide bonds. The SMILES string of the molecule is Cc1cc(Nc2cc(C(=O)Nc3ccnc(C(C)(C)C#N)c3)ccc2C)n(-c2cc(NN3CCN(C)CC3)ncn2)n1. The molecule has 1 aliphatic heterocycles. The van der Waals surface area contributed by atoms with Crippen molar-refractivity contribution in [2.75, 3.05) is 49.3 Å². The number of carbonyl (C=O) groups excluding carboxylic acids is 1. The van der Waals surface area contributed by atoms with Crippen molar-refractivity contribution in [1.29, 1.82) is 5.26 Å². The lowest BCUT2D eigenvalue weighted by Gasteiger charge is -2.32. The molecule has 3 aromatic heterocycles. The highest BCUT2D eigenvalue weighted by atomic mass is 16.1. The summed E-state index contributed by atoms with van der Waals surface area (Å²) in [5.74, 6) is 1.73. The predicted molar refractivity (Wildman–Crippen MR) is 162 cm³/mol. The third-order valence-corrected chi connectivity index (χ3v) is 7.18. The van der Waals surface area contributed by atoms with Gasteiger partial charge in [-0.3, -0.25) is 9.78 Å². The number of nitrogens with zero attached hydrogens (tertiary/aromatic N) is 8. The fourth-order valence-corrected chi connectivity index (χ4v) is 4.51. The summed E-state index contributed by atoms with van der Waals surface area (Å²) in [6, 6.07) is 14.9. The smallest absolute Gasteiger partial charge is 0.255 e. The normalized spacial score (nSPS) is 14.3. The van der Waals surface area contributed by atoms with Crippen LogP contribution in [0.1, 0.15) is 41.2 Å². The molecule has 0 unspecified atom stereocenters. The Morgan fingerprint density at radius 3 is 2.55 bits per heavy atom. The average Bonchev–Trinajstić information content (AvgIpc) is 3.35. The number of hydrogen-bond acceptors (Lipinski definition) is 10. The molecule has 0 saturated carbocycles. The van der Waals surface area contributed by atoms with E-state index < -0.39 is 5.41 Å². The van der Waals surface area contributed by atoms with Gasteiger partial charge < -0.3 is 21.0 Å². The summed E-state index contributed by atoms with van der Waals surface area (Å²) >= 11 is 0. The second kappa shape index (κ2) is 11.9. The van der Waals surface area contributed by atoms with Crippen LogP contribution in [0.25, 0.3) is 5.82 Å². The van der Waals surface area contributed by atoms with E-state index in [0.29, 0.717) is 34.4 Å². The number of likely N-dealkylation sites (N-methyl/N-ethyl adjacent to an activating group) is 1. The van der Waals surface area contributed by atoms with Crippen LogP contribution in [-0.4, -0.2) is 73.8 Å². The molecule has 0 radical (unpaired) electrons. The van der Waals surface area contributed by atoms with Crippen LogP contribution >= 0.6 is 0 Å². The fourth-order valence-electron chi connectivity index (χ4n) is 4.51. The lowest BCUT2D eigenvalue weighted by Crippen LogP contribution is -2.47. The number of nitriles is 1. The minimum atomic E-state index is -0.770. The van der Waals surface area contributed by atoms with E-state index in [9.17, 15) is 10.1 Å². The van der Waals surface area contributed by atoms with Gasteiger partial charge in [0.2, 0.25) is 0 Å². The average molecular weight is 566 g/mol. The highest BCUT2D eigenvalue weighted by Crippen LogP contribution is 2.26. The number of pyridine rings is 1. The Kier molecular flexibility index (Phi) is 8.15. The molecule has 1 aliphatic rings. The lowest BCUT2D eigenvalue weighted by molar-refractivity contribution is 0.102. The number of amides is 1. The van der Waals surface area contributed by atoms with Crippen molar-refractivity contribution in [2.24, 2.45) is 0 Å². The molecule has 12 nitrogen and oxygen atoms in total. The minimum absolute atomic E-state index is 0.273.